The normalized spacial score (nSPS) is 13.3. The molecule has 1 aromatic heterocycles. The molecule has 0 radical (unpaired) electrons. The Morgan fingerprint density at radius 3 is 2.65 bits per heavy atom. The van der Waals surface area contributed by atoms with Crippen molar-refractivity contribution >= 4 is 51.7 Å². The maximum Gasteiger partial charge on any atom is 0.191 e. The number of aliphatic imine (C=N–C) groups is 1. The quantitative estimate of drug-likeness (QED) is 0.224. The van der Waals surface area contributed by atoms with Crippen LogP contribution in [0.1, 0.15) is 32.6 Å². The molecule has 2 aromatic carbocycles. The number of ether oxygens (including phenoxy) is 1. The molecule has 6 nitrogen and oxygen atoms in total. The highest BCUT2D eigenvalue weighted by atomic mass is 127. The van der Waals surface area contributed by atoms with Crippen LogP contribution in [0.2, 0.25) is 0 Å². The van der Waals surface area contributed by atoms with Gasteiger partial charge in [0.2, 0.25) is 0 Å². The van der Waals surface area contributed by atoms with Crippen molar-refractivity contribution in [1.29, 1.82) is 0 Å². The van der Waals surface area contributed by atoms with Crippen LogP contribution < -0.4 is 15.4 Å². The molecule has 0 bridgehead atoms. The Balaban J connectivity index is 0.00000341. The lowest BCUT2D eigenvalue weighted by atomic mass is 10.2. The molecule has 0 aliphatic heterocycles. The molecule has 0 saturated carbocycles. The third-order valence-electron chi connectivity index (χ3n) is 4.50. The Morgan fingerprint density at radius 1 is 1.16 bits per heavy atom. The van der Waals surface area contributed by atoms with Crippen LogP contribution in [0.25, 0.3) is 11.0 Å². The molecule has 3 aromatic rings. The second kappa shape index (κ2) is 12.7. The number of guanidine groups is 1. The highest BCUT2D eigenvalue weighted by Crippen LogP contribution is 2.31. The Hall–Kier alpha value is -2.07. The van der Waals surface area contributed by atoms with Gasteiger partial charge in [0.15, 0.2) is 17.3 Å². The number of nitrogens with one attached hydrogen (secondary N) is 2. The molecule has 0 amide bonds. The lowest BCUT2D eigenvalue weighted by molar-refractivity contribution is 0.336. The topological polar surface area (TPSA) is 75.9 Å². The lowest BCUT2D eigenvalue weighted by Crippen LogP contribution is -2.38. The number of nitrogens with zero attached hydrogens (tertiary/aromatic N) is 1. The van der Waals surface area contributed by atoms with Crippen molar-refractivity contribution in [2.24, 2.45) is 4.99 Å². The summed E-state index contributed by atoms with van der Waals surface area (Å²) in [5.74, 6) is 2.69. The van der Waals surface area contributed by atoms with Gasteiger partial charge >= 0.3 is 0 Å². The Bertz CT molecular complexity index is 1010. The number of benzene rings is 2. The molecule has 8 heteroatoms. The van der Waals surface area contributed by atoms with Crippen LogP contribution >= 0.6 is 24.0 Å². The van der Waals surface area contributed by atoms with E-state index < -0.39 is 10.8 Å². The van der Waals surface area contributed by atoms with E-state index in [4.69, 9.17) is 9.15 Å². The van der Waals surface area contributed by atoms with E-state index in [2.05, 4.69) is 15.6 Å². The molecule has 0 aliphatic rings. The molecular weight excluding hydrogens is 525 g/mol. The van der Waals surface area contributed by atoms with Gasteiger partial charge in [-0.2, -0.15) is 0 Å². The summed E-state index contributed by atoms with van der Waals surface area (Å²) in [4.78, 5) is 5.41. The van der Waals surface area contributed by atoms with Gasteiger partial charge in [-0.05, 0) is 45.0 Å². The number of fused-ring (bicyclic) bond motifs is 1. The third-order valence-corrected chi connectivity index (χ3v) is 5.86. The van der Waals surface area contributed by atoms with Crippen molar-refractivity contribution in [2.45, 2.75) is 31.7 Å². The molecule has 0 saturated heterocycles. The minimum absolute atomic E-state index is 0. The zero-order chi connectivity index (χ0) is 21.3. The summed E-state index contributed by atoms with van der Waals surface area (Å²) in [6.45, 7) is 7.76. The van der Waals surface area contributed by atoms with E-state index in [0.29, 0.717) is 24.9 Å². The summed E-state index contributed by atoms with van der Waals surface area (Å²) < 4.78 is 24.1. The summed E-state index contributed by atoms with van der Waals surface area (Å²) in [6, 6.07) is 17.3. The average Bonchev–Trinajstić information content (AvgIpc) is 3.20. The van der Waals surface area contributed by atoms with E-state index in [1.807, 2.05) is 75.4 Å². The SMILES string of the molecule is CCNC(=NCCS(=O)c1ccccc1)NC(C)c1cc2cccc(OCC)c2o1.I. The van der Waals surface area contributed by atoms with E-state index in [1.54, 1.807) is 0 Å². The predicted octanol–water partition coefficient (Wildman–Crippen LogP) is 4.87. The Labute approximate surface area is 203 Å². The molecule has 2 atom stereocenters. The summed E-state index contributed by atoms with van der Waals surface area (Å²) >= 11 is 0. The molecule has 168 valence electrons. The molecule has 0 aliphatic carbocycles. The van der Waals surface area contributed by atoms with Crippen molar-refractivity contribution < 1.29 is 13.4 Å². The minimum Gasteiger partial charge on any atom is -0.490 e. The first-order valence-electron chi connectivity index (χ1n) is 10.3. The predicted molar refractivity (Wildman–Crippen MR) is 138 cm³/mol. The third kappa shape index (κ3) is 6.96. The van der Waals surface area contributed by atoms with Gasteiger partial charge < -0.3 is 19.8 Å². The van der Waals surface area contributed by atoms with Crippen LogP contribution in [0.15, 0.2) is 68.9 Å². The van der Waals surface area contributed by atoms with Crippen molar-refractivity contribution in [2.75, 3.05) is 25.4 Å². The monoisotopic (exact) mass is 555 g/mol. The zero-order valence-corrected chi connectivity index (χ0v) is 21.2. The van der Waals surface area contributed by atoms with E-state index in [-0.39, 0.29) is 30.0 Å². The molecule has 1 heterocycles. The van der Waals surface area contributed by atoms with E-state index in [9.17, 15) is 4.21 Å². The number of hydrogen-bond acceptors (Lipinski definition) is 4. The first-order chi connectivity index (χ1) is 14.6. The lowest BCUT2D eigenvalue weighted by Gasteiger charge is -2.16. The van der Waals surface area contributed by atoms with Crippen molar-refractivity contribution in [3.05, 3.63) is 60.4 Å². The van der Waals surface area contributed by atoms with E-state index in [1.165, 1.54) is 0 Å². The van der Waals surface area contributed by atoms with Crippen LogP contribution in [0.3, 0.4) is 0 Å². The molecule has 31 heavy (non-hydrogen) atoms. The number of halogens is 1. The second-order valence-corrected chi connectivity index (χ2v) is 8.32. The Kier molecular flexibility index (Phi) is 10.3. The molecule has 3 rings (SSSR count). The highest BCUT2D eigenvalue weighted by molar-refractivity contribution is 14.0. The van der Waals surface area contributed by atoms with Crippen molar-refractivity contribution in [3.8, 4) is 5.75 Å². The summed E-state index contributed by atoms with van der Waals surface area (Å²) in [6.07, 6.45) is 0. The second-order valence-electron chi connectivity index (χ2n) is 6.75. The van der Waals surface area contributed by atoms with Crippen LogP contribution in [0, 0.1) is 0 Å². The number of hydrogen-bond donors (Lipinski definition) is 2. The maximum absolute atomic E-state index is 12.4. The molecule has 0 spiro atoms. The number of rotatable bonds is 9. The first-order valence-corrected chi connectivity index (χ1v) is 11.6. The maximum atomic E-state index is 12.4. The molecule has 2 unspecified atom stereocenters. The van der Waals surface area contributed by atoms with Gasteiger partial charge in [-0.3, -0.25) is 9.20 Å². The first kappa shape index (κ1) is 25.2. The summed E-state index contributed by atoms with van der Waals surface area (Å²) in [5.41, 5.74) is 0.753. The summed E-state index contributed by atoms with van der Waals surface area (Å²) in [7, 11) is -1.06. The van der Waals surface area contributed by atoms with Crippen LogP contribution in [-0.4, -0.2) is 35.6 Å². The smallest absolute Gasteiger partial charge is 0.191 e. The fourth-order valence-corrected chi connectivity index (χ4v) is 4.02. The van der Waals surface area contributed by atoms with Crippen molar-refractivity contribution in [1.82, 2.24) is 10.6 Å². The standard InChI is InChI=1S/C23H29N3O3S.HI/c1-4-24-23(25-14-15-30(27)19-11-7-6-8-12-19)26-17(3)21-16-18-10-9-13-20(28-5-2)22(18)29-21;/h6-13,16-17H,4-5,14-15H2,1-3H3,(H2,24,25,26);1H. The largest absolute Gasteiger partial charge is 0.490 e. The van der Waals surface area contributed by atoms with Crippen LogP contribution in [0.4, 0.5) is 0 Å². The number of furan rings is 1. The highest BCUT2D eigenvalue weighted by Gasteiger charge is 2.15. The van der Waals surface area contributed by atoms with Gasteiger partial charge in [0.05, 0.1) is 30.0 Å². The zero-order valence-electron chi connectivity index (χ0n) is 18.1. The van der Waals surface area contributed by atoms with Gasteiger partial charge in [-0.1, -0.05) is 30.3 Å². The molecule has 2 N–H and O–H groups in total. The molecular formula is C23H30IN3O3S. The van der Waals surface area contributed by atoms with Crippen LogP contribution in [0.5, 0.6) is 5.75 Å². The average molecular weight is 555 g/mol. The van der Waals surface area contributed by atoms with Gasteiger partial charge in [0.25, 0.3) is 0 Å². The van der Waals surface area contributed by atoms with Gasteiger partial charge in [-0.15, -0.1) is 24.0 Å². The minimum atomic E-state index is -1.06. The molecule has 0 fully saturated rings. The number of para-hydroxylation sites is 1. The van der Waals surface area contributed by atoms with E-state index >= 15 is 0 Å². The van der Waals surface area contributed by atoms with E-state index in [0.717, 1.165) is 33.9 Å². The fourth-order valence-electron chi connectivity index (χ4n) is 3.07. The van der Waals surface area contributed by atoms with Gasteiger partial charge in [-0.25, -0.2) is 0 Å². The Morgan fingerprint density at radius 2 is 1.94 bits per heavy atom. The van der Waals surface area contributed by atoms with Gasteiger partial charge in [0.1, 0.15) is 5.76 Å². The van der Waals surface area contributed by atoms with Gasteiger partial charge in [0, 0.05) is 22.6 Å². The van der Waals surface area contributed by atoms with Crippen LogP contribution in [-0.2, 0) is 10.8 Å². The summed E-state index contributed by atoms with van der Waals surface area (Å²) in [5, 5.41) is 7.61. The fraction of sp³-hybridized carbons (Fsp3) is 0.348. The van der Waals surface area contributed by atoms with Crippen molar-refractivity contribution in [3.63, 3.8) is 0 Å².